The summed E-state index contributed by atoms with van der Waals surface area (Å²) >= 11 is 0. The molecule has 2 nitrogen and oxygen atoms in total. The summed E-state index contributed by atoms with van der Waals surface area (Å²) in [5, 5.41) is 7.21. The quantitative estimate of drug-likeness (QED) is 0.655. The Morgan fingerprint density at radius 3 is 0.667 bits per heavy atom. The zero-order valence-corrected chi connectivity index (χ0v) is 14.4. The third-order valence-electron chi connectivity index (χ3n) is 4.66. The van der Waals surface area contributed by atoms with Gasteiger partial charge in [0.25, 0.3) is 0 Å². The second kappa shape index (κ2) is 16.3. The third-order valence-corrected chi connectivity index (χ3v) is 4.66. The van der Waals surface area contributed by atoms with Crippen molar-refractivity contribution in [2.45, 2.75) is 96.3 Å². The van der Waals surface area contributed by atoms with E-state index in [0.29, 0.717) is 0 Å². The van der Waals surface area contributed by atoms with Crippen molar-refractivity contribution in [3.8, 4) is 0 Å². The fourth-order valence-corrected chi connectivity index (χ4v) is 3.19. The van der Waals surface area contributed by atoms with Gasteiger partial charge in [-0.15, -0.1) is 0 Å². The van der Waals surface area contributed by atoms with Gasteiger partial charge in [0.05, 0.1) is 0 Å². The standard InChI is InChI=1S/C19H40N2/c1-2-4-8-12-16-20-18-14-10-6-7-11-15-19-21-17-13-9-5-3-1/h20-21H,1-19H2. The Morgan fingerprint density at radius 1 is 0.238 bits per heavy atom. The molecule has 0 aliphatic carbocycles. The molecule has 0 aromatic carbocycles. The van der Waals surface area contributed by atoms with Crippen LogP contribution in [0.4, 0.5) is 0 Å². The monoisotopic (exact) mass is 296 g/mol. The molecule has 1 fully saturated rings. The second-order valence-electron chi connectivity index (χ2n) is 6.80. The van der Waals surface area contributed by atoms with Crippen LogP contribution < -0.4 is 10.6 Å². The van der Waals surface area contributed by atoms with Gasteiger partial charge in [-0.05, 0) is 51.9 Å². The van der Waals surface area contributed by atoms with Crippen LogP contribution in [0, 0.1) is 0 Å². The Balaban J connectivity index is 2.00. The molecule has 0 saturated carbocycles. The minimum absolute atomic E-state index is 1.24. The summed E-state index contributed by atoms with van der Waals surface area (Å²) in [6.07, 6.45) is 21.3. The van der Waals surface area contributed by atoms with Crippen LogP contribution in [0.15, 0.2) is 0 Å². The van der Waals surface area contributed by atoms with Crippen LogP contribution in [0.1, 0.15) is 96.3 Å². The fourth-order valence-electron chi connectivity index (χ4n) is 3.19. The van der Waals surface area contributed by atoms with Crippen LogP contribution in [0.5, 0.6) is 0 Å². The number of hydrogen-bond acceptors (Lipinski definition) is 2. The Bertz CT molecular complexity index is 102. The topological polar surface area (TPSA) is 24.1 Å². The molecule has 1 rings (SSSR count). The van der Waals surface area contributed by atoms with E-state index in [1.54, 1.807) is 0 Å². The summed E-state index contributed by atoms with van der Waals surface area (Å²) in [4.78, 5) is 0. The predicted molar refractivity (Wildman–Crippen MR) is 95.0 cm³/mol. The molecule has 1 heterocycles. The SMILES string of the molecule is C1CCCCCNCCCCCCCCNCCCCC1. The van der Waals surface area contributed by atoms with Gasteiger partial charge in [0.1, 0.15) is 0 Å². The van der Waals surface area contributed by atoms with E-state index < -0.39 is 0 Å². The Labute approximate surface area is 133 Å². The van der Waals surface area contributed by atoms with Gasteiger partial charge < -0.3 is 10.6 Å². The van der Waals surface area contributed by atoms with E-state index in [1.165, 1.54) is 122 Å². The van der Waals surface area contributed by atoms with E-state index in [-0.39, 0.29) is 0 Å². The van der Waals surface area contributed by atoms with Gasteiger partial charge in [0.2, 0.25) is 0 Å². The van der Waals surface area contributed by atoms with Gasteiger partial charge in [-0.25, -0.2) is 0 Å². The molecule has 0 aromatic heterocycles. The summed E-state index contributed by atoms with van der Waals surface area (Å²) in [6, 6.07) is 0. The van der Waals surface area contributed by atoms with Crippen molar-refractivity contribution in [2.24, 2.45) is 0 Å². The molecule has 21 heavy (non-hydrogen) atoms. The maximum atomic E-state index is 3.61. The van der Waals surface area contributed by atoms with Gasteiger partial charge in [-0.2, -0.15) is 0 Å². The van der Waals surface area contributed by atoms with Crippen molar-refractivity contribution < 1.29 is 0 Å². The van der Waals surface area contributed by atoms with Crippen LogP contribution in [-0.2, 0) is 0 Å². The summed E-state index contributed by atoms with van der Waals surface area (Å²) < 4.78 is 0. The molecular weight excluding hydrogens is 256 g/mol. The zero-order chi connectivity index (χ0) is 14.8. The van der Waals surface area contributed by atoms with Crippen LogP contribution in [0.3, 0.4) is 0 Å². The van der Waals surface area contributed by atoms with Crippen LogP contribution in [0.2, 0.25) is 0 Å². The molecule has 126 valence electrons. The van der Waals surface area contributed by atoms with Crippen molar-refractivity contribution in [1.29, 1.82) is 0 Å². The van der Waals surface area contributed by atoms with E-state index in [1.807, 2.05) is 0 Å². The normalized spacial score (nSPS) is 24.0. The average Bonchev–Trinajstić information content (AvgIpc) is 2.50. The van der Waals surface area contributed by atoms with Crippen molar-refractivity contribution >= 4 is 0 Å². The maximum Gasteiger partial charge on any atom is -0.00489 e. The van der Waals surface area contributed by atoms with Crippen molar-refractivity contribution in [3.05, 3.63) is 0 Å². The molecule has 0 atom stereocenters. The molecule has 0 spiro atoms. The van der Waals surface area contributed by atoms with Crippen LogP contribution in [-0.4, -0.2) is 26.2 Å². The average molecular weight is 297 g/mol. The highest BCUT2D eigenvalue weighted by Crippen LogP contribution is 2.09. The molecular formula is C19H40N2. The molecule has 0 unspecified atom stereocenters. The van der Waals surface area contributed by atoms with E-state index in [9.17, 15) is 0 Å². The number of hydrogen-bond donors (Lipinski definition) is 2. The third kappa shape index (κ3) is 14.6. The van der Waals surface area contributed by atoms with Crippen LogP contribution in [0.25, 0.3) is 0 Å². The van der Waals surface area contributed by atoms with E-state index in [4.69, 9.17) is 0 Å². The van der Waals surface area contributed by atoms with Crippen molar-refractivity contribution in [3.63, 3.8) is 0 Å². The van der Waals surface area contributed by atoms with E-state index in [2.05, 4.69) is 10.6 Å². The predicted octanol–water partition coefficient (Wildman–Crippen LogP) is 5.03. The smallest absolute Gasteiger partial charge is 0.00489 e. The lowest BCUT2D eigenvalue weighted by Crippen LogP contribution is -2.16. The minimum Gasteiger partial charge on any atom is -0.317 e. The molecule has 1 aliphatic rings. The lowest BCUT2D eigenvalue weighted by molar-refractivity contribution is 0.534. The first-order valence-electron chi connectivity index (χ1n) is 9.91. The summed E-state index contributed by atoms with van der Waals surface area (Å²) in [5.41, 5.74) is 0. The first-order valence-corrected chi connectivity index (χ1v) is 9.91. The lowest BCUT2D eigenvalue weighted by Gasteiger charge is -2.05. The molecule has 2 N–H and O–H groups in total. The first-order chi connectivity index (χ1) is 10.5. The summed E-state index contributed by atoms with van der Waals surface area (Å²) in [7, 11) is 0. The van der Waals surface area contributed by atoms with Gasteiger partial charge in [0.15, 0.2) is 0 Å². The molecule has 0 amide bonds. The number of nitrogens with one attached hydrogen (secondary N) is 2. The highest BCUT2D eigenvalue weighted by atomic mass is 14.8. The molecule has 0 aromatic rings. The largest absolute Gasteiger partial charge is 0.317 e. The second-order valence-corrected chi connectivity index (χ2v) is 6.80. The zero-order valence-electron chi connectivity index (χ0n) is 14.4. The van der Waals surface area contributed by atoms with Crippen molar-refractivity contribution in [1.82, 2.24) is 10.6 Å². The molecule has 1 saturated heterocycles. The van der Waals surface area contributed by atoms with Gasteiger partial charge in [-0.1, -0.05) is 70.6 Å². The Morgan fingerprint density at radius 2 is 0.429 bits per heavy atom. The van der Waals surface area contributed by atoms with E-state index in [0.717, 1.165) is 0 Å². The molecule has 1 aliphatic heterocycles. The minimum atomic E-state index is 1.24. The summed E-state index contributed by atoms with van der Waals surface area (Å²) in [5.74, 6) is 0. The highest BCUT2D eigenvalue weighted by molar-refractivity contribution is 4.54. The highest BCUT2D eigenvalue weighted by Gasteiger charge is 1.95. The Kier molecular flexibility index (Phi) is 14.7. The van der Waals surface area contributed by atoms with E-state index >= 15 is 0 Å². The molecule has 2 heteroatoms. The number of rotatable bonds is 0. The molecule has 0 bridgehead atoms. The van der Waals surface area contributed by atoms with Crippen molar-refractivity contribution in [2.75, 3.05) is 26.2 Å². The maximum absolute atomic E-state index is 3.61. The Hall–Kier alpha value is -0.0800. The van der Waals surface area contributed by atoms with Gasteiger partial charge in [0, 0.05) is 0 Å². The van der Waals surface area contributed by atoms with Gasteiger partial charge >= 0.3 is 0 Å². The summed E-state index contributed by atoms with van der Waals surface area (Å²) in [6.45, 7) is 4.96. The van der Waals surface area contributed by atoms with Gasteiger partial charge in [-0.3, -0.25) is 0 Å². The fraction of sp³-hybridized carbons (Fsp3) is 1.00. The van der Waals surface area contributed by atoms with Crippen LogP contribution >= 0.6 is 0 Å². The lowest BCUT2D eigenvalue weighted by atomic mass is 10.1. The first kappa shape index (κ1) is 19.0. The molecule has 0 radical (unpaired) electrons.